The minimum Gasteiger partial charge on any atom is -0.379 e. The van der Waals surface area contributed by atoms with Crippen molar-refractivity contribution in [2.24, 2.45) is 0 Å². The van der Waals surface area contributed by atoms with E-state index in [2.05, 4.69) is 92.6 Å². The average molecular weight is 749 g/mol. The van der Waals surface area contributed by atoms with Crippen molar-refractivity contribution in [2.45, 2.75) is 28.7 Å². The lowest BCUT2D eigenvalue weighted by Gasteiger charge is -2.42. The number of anilines is 3. The van der Waals surface area contributed by atoms with Crippen LogP contribution in [0, 0.1) is 10.1 Å². The van der Waals surface area contributed by atoms with Crippen LogP contribution in [-0.4, -0.2) is 67.9 Å². The summed E-state index contributed by atoms with van der Waals surface area (Å²) in [5.74, 6) is 0.927. The SMILES string of the molecule is CC(C(c1ccccc1)c1ccccc1)N1CCN(c2ccc3c(NS(=O)(=O)c4ccc(NCCSc5ccccc5)c([N+](=O)[O-])c4)noc3c2)CC1. The van der Waals surface area contributed by atoms with Crippen LogP contribution in [0.3, 0.4) is 0 Å². The highest BCUT2D eigenvalue weighted by atomic mass is 32.2. The van der Waals surface area contributed by atoms with Gasteiger partial charge < -0.3 is 14.7 Å². The molecule has 2 N–H and O–H groups in total. The van der Waals surface area contributed by atoms with E-state index in [0.717, 1.165) is 42.8 Å². The van der Waals surface area contributed by atoms with Crippen LogP contribution in [0.25, 0.3) is 11.0 Å². The van der Waals surface area contributed by atoms with Crippen LogP contribution < -0.4 is 14.9 Å². The smallest absolute Gasteiger partial charge is 0.293 e. The van der Waals surface area contributed by atoms with Gasteiger partial charge in [0.05, 0.1) is 15.2 Å². The van der Waals surface area contributed by atoms with Gasteiger partial charge in [-0.1, -0.05) is 84.0 Å². The van der Waals surface area contributed by atoms with E-state index < -0.39 is 14.9 Å². The van der Waals surface area contributed by atoms with Crippen molar-refractivity contribution in [1.82, 2.24) is 10.1 Å². The van der Waals surface area contributed by atoms with Gasteiger partial charge in [-0.25, -0.2) is 8.42 Å². The second-order valence-electron chi connectivity index (χ2n) is 12.9. The third-order valence-electron chi connectivity index (χ3n) is 9.65. The van der Waals surface area contributed by atoms with Crippen LogP contribution >= 0.6 is 11.8 Å². The predicted molar refractivity (Wildman–Crippen MR) is 212 cm³/mol. The topological polar surface area (TPSA) is 134 Å². The first-order chi connectivity index (χ1) is 25.8. The minimum atomic E-state index is -4.23. The maximum Gasteiger partial charge on any atom is 0.293 e. The molecule has 1 saturated heterocycles. The zero-order chi connectivity index (χ0) is 36.8. The Morgan fingerprint density at radius 3 is 2.13 bits per heavy atom. The molecule has 11 nitrogen and oxygen atoms in total. The van der Waals surface area contributed by atoms with Crippen molar-refractivity contribution in [2.75, 3.05) is 53.4 Å². The van der Waals surface area contributed by atoms with E-state index in [-0.39, 0.29) is 34.0 Å². The summed E-state index contributed by atoms with van der Waals surface area (Å²) in [6.45, 7) is 6.15. The molecule has 0 aliphatic carbocycles. The summed E-state index contributed by atoms with van der Waals surface area (Å²) in [4.78, 5) is 17.0. The first kappa shape index (κ1) is 36.0. The van der Waals surface area contributed by atoms with Crippen LogP contribution in [0.15, 0.2) is 142 Å². The van der Waals surface area contributed by atoms with E-state index in [4.69, 9.17) is 4.52 Å². The number of hydrogen-bond acceptors (Lipinski definition) is 10. The van der Waals surface area contributed by atoms with E-state index in [1.54, 1.807) is 17.8 Å². The summed E-state index contributed by atoms with van der Waals surface area (Å²) in [5.41, 5.74) is 3.89. The highest BCUT2D eigenvalue weighted by Crippen LogP contribution is 2.34. The molecule has 1 aliphatic heterocycles. The molecule has 1 aliphatic rings. The number of thioether (sulfide) groups is 1. The van der Waals surface area contributed by atoms with Crippen LogP contribution in [0.2, 0.25) is 0 Å². The van der Waals surface area contributed by atoms with Gasteiger partial charge in [0.25, 0.3) is 15.7 Å². The molecule has 0 spiro atoms. The van der Waals surface area contributed by atoms with Crippen LogP contribution in [0.1, 0.15) is 24.0 Å². The molecule has 1 atom stereocenters. The van der Waals surface area contributed by atoms with Crippen molar-refractivity contribution >= 4 is 55.6 Å². The van der Waals surface area contributed by atoms with Crippen molar-refractivity contribution < 1.29 is 17.9 Å². The number of sulfonamides is 1. The molecule has 6 aromatic rings. The molecule has 5 aromatic carbocycles. The van der Waals surface area contributed by atoms with E-state index >= 15 is 0 Å². The Balaban J connectivity index is 0.997. The van der Waals surface area contributed by atoms with Gasteiger partial charge in [-0.3, -0.25) is 19.7 Å². The van der Waals surface area contributed by atoms with Gasteiger partial charge in [-0.2, -0.15) is 0 Å². The summed E-state index contributed by atoms with van der Waals surface area (Å²) in [7, 11) is -4.23. The first-order valence-electron chi connectivity index (χ1n) is 17.5. The van der Waals surface area contributed by atoms with Crippen LogP contribution in [0.5, 0.6) is 0 Å². The molecule has 272 valence electrons. The van der Waals surface area contributed by atoms with Crippen LogP contribution in [-0.2, 0) is 10.0 Å². The molecule has 1 aromatic heterocycles. The number of benzene rings is 5. The summed E-state index contributed by atoms with van der Waals surface area (Å²) >= 11 is 1.61. The number of hydrogen-bond donors (Lipinski definition) is 2. The van der Waals surface area contributed by atoms with Gasteiger partial charge in [-0.15, -0.1) is 11.8 Å². The van der Waals surface area contributed by atoms with E-state index in [0.29, 0.717) is 23.3 Å². The lowest BCUT2D eigenvalue weighted by molar-refractivity contribution is -0.384. The monoisotopic (exact) mass is 748 g/mol. The molecular formula is C40H40N6O5S2. The molecule has 0 saturated carbocycles. The third-order valence-corrected chi connectivity index (χ3v) is 12.0. The zero-order valence-electron chi connectivity index (χ0n) is 29.2. The Kier molecular flexibility index (Phi) is 10.9. The summed E-state index contributed by atoms with van der Waals surface area (Å²) < 4.78 is 34.9. The Morgan fingerprint density at radius 2 is 1.49 bits per heavy atom. The Bertz CT molecular complexity index is 2230. The molecule has 13 heteroatoms. The molecular weight excluding hydrogens is 709 g/mol. The summed E-state index contributed by atoms with van der Waals surface area (Å²) in [6.07, 6.45) is 0. The number of nitrogens with zero attached hydrogens (tertiary/aromatic N) is 4. The number of fused-ring (bicyclic) bond motifs is 1. The Morgan fingerprint density at radius 1 is 0.849 bits per heavy atom. The number of nitro benzene ring substituents is 1. The molecule has 0 bridgehead atoms. The van der Waals surface area contributed by atoms with Gasteiger partial charge in [-0.05, 0) is 54.4 Å². The minimum absolute atomic E-state index is 0.0147. The number of rotatable bonds is 14. The molecule has 2 heterocycles. The number of piperazine rings is 1. The third kappa shape index (κ3) is 8.32. The summed E-state index contributed by atoms with van der Waals surface area (Å²) in [6, 6.07) is 40.8. The van der Waals surface area contributed by atoms with Crippen LogP contribution in [0.4, 0.5) is 22.9 Å². The largest absolute Gasteiger partial charge is 0.379 e. The highest BCUT2D eigenvalue weighted by molar-refractivity contribution is 7.99. The van der Waals surface area contributed by atoms with Gasteiger partial charge in [0.2, 0.25) is 0 Å². The maximum atomic E-state index is 13.4. The van der Waals surface area contributed by atoms with E-state index in [1.807, 2.05) is 42.5 Å². The number of nitrogens with one attached hydrogen (secondary N) is 2. The normalized spacial score (nSPS) is 14.3. The lowest BCUT2D eigenvalue weighted by atomic mass is 9.85. The maximum absolute atomic E-state index is 13.4. The van der Waals surface area contributed by atoms with Crippen molar-refractivity contribution in [3.8, 4) is 0 Å². The Labute approximate surface area is 313 Å². The highest BCUT2D eigenvalue weighted by Gasteiger charge is 2.30. The van der Waals surface area contributed by atoms with Gasteiger partial charge >= 0.3 is 0 Å². The number of aromatic nitrogens is 1. The molecule has 1 unspecified atom stereocenters. The lowest BCUT2D eigenvalue weighted by Crippen LogP contribution is -2.51. The Hall–Kier alpha value is -5.37. The average Bonchev–Trinajstić information content (AvgIpc) is 3.58. The van der Waals surface area contributed by atoms with E-state index in [1.165, 1.54) is 23.3 Å². The second-order valence-corrected chi connectivity index (χ2v) is 15.8. The zero-order valence-corrected chi connectivity index (χ0v) is 30.8. The summed E-state index contributed by atoms with van der Waals surface area (Å²) in [5, 5.41) is 19.5. The van der Waals surface area contributed by atoms with Gasteiger partial charge in [0.15, 0.2) is 11.4 Å². The van der Waals surface area contributed by atoms with Crippen molar-refractivity contribution in [3.05, 3.63) is 149 Å². The fourth-order valence-corrected chi connectivity index (χ4v) is 8.72. The van der Waals surface area contributed by atoms with E-state index in [9.17, 15) is 18.5 Å². The van der Waals surface area contributed by atoms with Gasteiger partial charge in [0, 0.05) is 73.2 Å². The number of nitro groups is 1. The molecule has 53 heavy (non-hydrogen) atoms. The molecule has 0 amide bonds. The fraction of sp³-hybridized carbons (Fsp3) is 0.225. The second kappa shape index (κ2) is 16.1. The molecule has 0 radical (unpaired) electrons. The predicted octanol–water partition coefficient (Wildman–Crippen LogP) is 8.08. The standard InChI is InChI=1S/C40H40N6O5S2/c1-29(39(30-11-5-2-6-12-30)31-13-7-3-8-14-31)44-22-24-45(25-23-44)32-17-19-35-38(27-32)51-42-40(35)43-53(49,50)34-18-20-36(37(28-34)46(47)48)41-21-26-52-33-15-9-4-10-16-33/h2-20,27-29,39,41H,21-26H2,1H3,(H,42,43). The molecule has 1 fully saturated rings. The first-order valence-corrected chi connectivity index (χ1v) is 19.9. The molecule has 7 rings (SSSR count). The van der Waals surface area contributed by atoms with Crippen molar-refractivity contribution in [3.63, 3.8) is 0 Å². The fourth-order valence-electron chi connectivity index (χ4n) is 6.90. The quantitative estimate of drug-likeness (QED) is 0.0488. The van der Waals surface area contributed by atoms with Gasteiger partial charge in [0.1, 0.15) is 5.69 Å². The van der Waals surface area contributed by atoms with Crippen molar-refractivity contribution in [1.29, 1.82) is 0 Å².